The van der Waals surface area contributed by atoms with Crippen LogP contribution >= 0.6 is 11.6 Å². The van der Waals surface area contributed by atoms with Crippen molar-refractivity contribution in [1.29, 1.82) is 0 Å². The summed E-state index contributed by atoms with van der Waals surface area (Å²) >= 11 is 6.13. The number of nitrogens with one attached hydrogen (secondary N) is 1. The number of carbonyl (C=O) groups excluding carboxylic acids is 2. The molecule has 2 amide bonds. The zero-order chi connectivity index (χ0) is 18.4. The maximum absolute atomic E-state index is 12.4. The number of benzene rings is 2. The number of rotatable bonds is 6. The molecule has 130 valence electrons. The van der Waals surface area contributed by atoms with Crippen LogP contribution in [-0.2, 0) is 0 Å². The third kappa shape index (κ3) is 4.84. The number of nitrogens with zero attached hydrogens (tertiary/aromatic N) is 1. The second-order valence-electron chi connectivity index (χ2n) is 5.47. The van der Waals surface area contributed by atoms with Gasteiger partial charge in [-0.1, -0.05) is 24.3 Å². The van der Waals surface area contributed by atoms with Crippen molar-refractivity contribution in [3.05, 3.63) is 71.3 Å². The summed E-state index contributed by atoms with van der Waals surface area (Å²) in [6.07, 6.45) is 1.64. The molecule has 25 heavy (non-hydrogen) atoms. The lowest BCUT2D eigenvalue weighted by Crippen LogP contribution is -2.22. The summed E-state index contributed by atoms with van der Waals surface area (Å²) in [4.78, 5) is 25.9. The molecule has 0 radical (unpaired) electrons. The molecule has 0 saturated heterocycles. The van der Waals surface area contributed by atoms with Gasteiger partial charge in [-0.15, -0.1) is 0 Å². The first kappa shape index (κ1) is 18.5. The highest BCUT2D eigenvalue weighted by Crippen LogP contribution is 2.24. The molecule has 5 nitrogen and oxygen atoms in total. The Labute approximate surface area is 151 Å². The molecular formula is C19H19ClN2O3. The lowest BCUT2D eigenvalue weighted by Gasteiger charge is -2.13. The average molecular weight is 359 g/mol. The number of carbonyl (C=O) groups is 2. The Bertz CT molecular complexity index is 786. The Hall–Kier alpha value is -2.79. The van der Waals surface area contributed by atoms with Crippen LogP contribution in [-0.4, -0.2) is 37.4 Å². The van der Waals surface area contributed by atoms with E-state index in [2.05, 4.69) is 11.9 Å². The highest BCUT2D eigenvalue weighted by atomic mass is 35.5. The predicted molar refractivity (Wildman–Crippen MR) is 99.6 cm³/mol. The fourth-order valence-corrected chi connectivity index (χ4v) is 2.23. The van der Waals surface area contributed by atoms with Crippen LogP contribution in [0.4, 0.5) is 5.69 Å². The third-order valence-electron chi connectivity index (χ3n) is 3.35. The van der Waals surface area contributed by atoms with Gasteiger partial charge in [0, 0.05) is 25.2 Å². The molecule has 0 unspecified atom stereocenters. The second-order valence-corrected chi connectivity index (χ2v) is 5.88. The molecule has 0 saturated carbocycles. The van der Waals surface area contributed by atoms with Crippen molar-refractivity contribution >= 4 is 29.1 Å². The van der Waals surface area contributed by atoms with Crippen molar-refractivity contribution in [2.24, 2.45) is 0 Å². The lowest BCUT2D eigenvalue weighted by molar-refractivity contribution is 0.0827. The minimum Gasteiger partial charge on any atom is -0.490 e. The van der Waals surface area contributed by atoms with Crippen molar-refractivity contribution in [3.8, 4) is 5.75 Å². The summed E-state index contributed by atoms with van der Waals surface area (Å²) in [6.45, 7) is 3.97. The van der Waals surface area contributed by atoms with Crippen molar-refractivity contribution < 1.29 is 14.3 Å². The number of halogens is 1. The summed E-state index contributed by atoms with van der Waals surface area (Å²) in [5.41, 5.74) is 1.27. The highest BCUT2D eigenvalue weighted by molar-refractivity contribution is 6.34. The van der Waals surface area contributed by atoms with Crippen molar-refractivity contribution in [1.82, 2.24) is 4.90 Å². The molecule has 0 aromatic heterocycles. The van der Waals surface area contributed by atoms with E-state index in [4.69, 9.17) is 16.3 Å². The molecule has 0 spiro atoms. The Morgan fingerprint density at radius 2 is 1.80 bits per heavy atom. The topological polar surface area (TPSA) is 58.6 Å². The van der Waals surface area contributed by atoms with Crippen LogP contribution in [0.1, 0.15) is 20.7 Å². The Kier molecular flexibility index (Phi) is 6.19. The Balaban J connectivity index is 2.15. The minimum absolute atomic E-state index is 0.170. The van der Waals surface area contributed by atoms with Gasteiger partial charge in [0.1, 0.15) is 12.4 Å². The van der Waals surface area contributed by atoms with E-state index in [0.717, 1.165) is 0 Å². The van der Waals surface area contributed by atoms with E-state index in [9.17, 15) is 9.59 Å². The molecule has 6 heteroatoms. The molecule has 2 aromatic carbocycles. The van der Waals surface area contributed by atoms with E-state index in [-0.39, 0.29) is 11.8 Å². The van der Waals surface area contributed by atoms with Gasteiger partial charge in [0.2, 0.25) is 0 Å². The fourth-order valence-electron chi connectivity index (χ4n) is 2.06. The quantitative estimate of drug-likeness (QED) is 0.798. The molecule has 2 aromatic rings. The molecule has 0 heterocycles. The van der Waals surface area contributed by atoms with Gasteiger partial charge in [0.05, 0.1) is 10.7 Å². The van der Waals surface area contributed by atoms with E-state index >= 15 is 0 Å². The normalized spacial score (nSPS) is 10.0. The first-order chi connectivity index (χ1) is 11.9. The fraction of sp³-hybridized carbons (Fsp3) is 0.158. The number of amides is 2. The standard InChI is InChI=1S/C19H19ClN2O3/c1-4-11-25-15-8-5-13(6-9-15)18(23)21-17-12-14(7-10-16(17)20)19(24)22(2)3/h4-10,12H,1,11H2,2-3H3,(H,21,23). The summed E-state index contributed by atoms with van der Waals surface area (Å²) in [7, 11) is 3.32. The molecule has 1 N–H and O–H groups in total. The maximum Gasteiger partial charge on any atom is 0.255 e. The van der Waals surface area contributed by atoms with Crippen LogP contribution in [0.15, 0.2) is 55.1 Å². The number of hydrogen-bond acceptors (Lipinski definition) is 3. The van der Waals surface area contributed by atoms with Crippen molar-refractivity contribution in [2.75, 3.05) is 26.0 Å². The molecule has 0 bridgehead atoms. The summed E-state index contributed by atoms with van der Waals surface area (Å²) < 4.78 is 5.38. The SMILES string of the molecule is C=CCOc1ccc(C(=O)Nc2cc(C(=O)N(C)C)ccc2Cl)cc1. The Morgan fingerprint density at radius 1 is 1.16 bits per heavy atom. The third-order valence-corrected chi connectivity index (χ3v) is 3.68. The average Bonchev–Trinajstić information content (AvgIpc) is 2.61. The molecule has 0 aliphatic heterocycles. The van der Waals surface area contributed by atoms with Crippen LogP contribution < -0.4 is 10.1 Å². The molecule has 0 aliphatic carbocycles. The van der Waals surface area contributed by atoms with E-state index in [1.54, 1.807) is 62.6 Å². The van der Waals surface area contributed by atoms with Gasteiger partial charge in [-0.3, -0.25) is 9.59 Å². The second kappa shape index (κ2) is 8.35. The monoisotopic (exact) mass is 358 g/mol. The van der Waals surface area contributed by atoms with E-state index in [1.807, 2.05) is 0 Å². The van der Waals surface area contributed by atoms with Crippen LogP contribution in [0, 0.1) is 0 Å². The van der Waals surface area contributed by atoms with Crippen molar-refractivity contribution in [2.45, 2.75) is 0 Å². The van der Waals surface area contributed by atoms with Crippen LogP contribution in [0.25, 0.3) is 0 Å². The van der Waals surface area contributed by atoms with E-state index in [0.29, 0.717) is 34.2 Å². The Morgan fingerprint density at radius 3 is 2.40 bits per heavy atom. The number of ether oxygens (including phenoxy) is 1. The predicted octanol–water partition coefficient (Wildman–Crippen LogP) is 3.86. The minimum atomic E-state index is -0.327. The van der Waals surface area contributed by atoms with Gasteiger partial charge in [0.15, 0.2) is 0 Å². The van der Waals surface area contributed by atoms with Crippen molar-refractivity contribution in [3.63, 3.8) is 0 Å². The van der Waals surface area contributed by atoms with E-state index < -0.39 is 0 Å². The molecule has 0 atom stereocenters. The first-order valence-corrected chi connectivity index (χ1v) is 7.96. The molecular weight excluding hydrogens is 340 g/mol. The molecule has 0 aliphatic rings. The number of anilines is 1. The largest absolute Gasteiger partial charge is 0.490 e. The smallest absolute Gasteiger partial charge is 0.255 e. The summed E-state index contributed by atoms with van der Waals surface area (Å²) in [5.74, 6) is 0.149. The van der Waals surface area contributed by atoms with Crippen LogP contribution in [0.3, 0.4) is 0 Å². The van der Waals surface area contributed by atoms with Gasteiger partial charge < -0.3 is 15.0 Å². The van der Waals surface area contributed by atoms with Gasteiger partial charge in [0.25, 0.3) is 11.8 Å². The zero-order valence-corrected chi connectivity index (χ0v) is 14.8. The van der Waals surface area contributed by atoms with Gasteiger partial charge in [-0.05, 0) is 42.5 Å². The highest BCUT2D eigenvalue weighted by Gasteiger charge is 2.13. The number of hydrogen-bond donors (Lipinski definition) is 1. The van der Waals surface area contributed by atoms with Gasteiger partial charge in [-0.2, -0.15) is 0 Å². The lowest BCUT2D eigenvalue weighted by atomic mass is 10.1. The summed E-state index contributed by atoms with van der Waals surface area (Å²) in [5, 5.41) is 3.08. The van der Waals surface area contributed by atoms with Crippen LogP contribution in [0.2, 0.25) is 5.02 Å². The molecule has 0 fully saturated rings. The van der Waals surface area contributed by atoms with Crippen LogP contribution in [0.5, 0.6) is 5.75 Å². The summed E-state index contributed by atoms with van der Waals surface area (Å²) in [6, 6.07) is 11.5. The maximum atomic E-state index is 12.4. The van der Waals surface area contributed by atoms with Gasteiger partial charge in [-0.25, -0.2) is 0 Å². The van der Waals surface area contributed by atoms with Gasteiger partial charge >= 0.3 is 0 Å². The zero-order valence-electron chi connectivity index (χ0n) is 14.1. The van der Waals surface area contributed by atoms with E-state index in [1.165, 1.54) is 4.90 Å². The molecule has 2 rings (SSSR count). The first-order valence-electron chi connectivity index (χ1n) is 7.58.